The maximum Gasteiger partial charge on any atom is 0.256 e. The van der Waals surface area contributed by atoms with E-state index in [0.717, 1.165) is 51.9 Å². The van der Waals surface area contributed by atoms with Gasteiger partial charge in [-0.1, -0.05) is 0 Å². The summed E-state index contributed by atoms with van der Waals surface area (Å²) in [7, 11) is 1.64. The van der Waals surface area contributed by atoms with E-state index in [4.69, 9.17) is 4.74 Å². The molecule has 2 aliphatic rings. The Bertz CT molecular complexity index is 658. The van der Waals surface area contributed by atoms with Crippen molar-refractivity contribution in [2.45, 2.75) is 38.6 Å². The minimum atomic E-state index is 0.00694. The monoisotopic (exact) mass is 389 g/mol. The first-order valence-corrected chi connectivity index (χ1v) is 10.2. The van der Waals surface area contributed by atoms with E-state index in [9.17, 15) is 9.59 Å². The second-order valence-electron chi connectivity index (χ2n) is 7.66. The Morgan fingerprint density at radius 1 is 1.18 bits per heavy atom. The fourth-order valence-electron chi connectivity index (χ4n) is 4.09. The van der Waals surface area contributed by atoms with Gasteiger partial charge in [-0.15, -0.1) is 0 Å². The largest absolute Gasteiger partial charge is 0.383 e. The number of aromatic nitrogens is 2. The Morgan fingerprint density at radius 3 is 2.57 bits per heavy atom. The van der Waals surface area contributed by atoms with Crippen molar-refractivity contribution < 1.29 is 14.3 Å². The number of carbonyl (C=O) groups is 2. The van der Waals surface area contributed by atoms with Crippen LogP contribution in [0.4, 0.5) is 0 Å². The molecule has 28 heavy (non-hydrogen) atoms. The van der Waals surface area contributed by atoms with Gasteiger partial charge in [-0.2, -0.15) is 0 Å². The number of carbonyl (C=O) groups excluding carboxylic acids is 2. The second kappa shape index (κ2) is 9.93. The predicted molar refractivity (Wildman–Crippen MR) is 105 cm³/mol. The summed E-state index contributed by atoms with van der Waals surface area (Å²) in [6.45, 7) is 6.23. The molecule has 154 valence electrons. The van der Waals surface area contributed by atoms with Gasteiger partial charge in [0.2, 0.25) is 5.91 Å². The standard InChI is InChI=1S/C20H31N5O3/c1-15-22-12-17(13-23-15)20(27)24-9-5-18(6-10-24)25-8-3-4-16(14-25)19(26)21-7-11-28-2/h12-13,16,18H,3-11,14H2,1-2H3,(H,21,26). The highest BCUT2D eigenvalue weighted by molar-refractivity contribution is 5.93. The zero-order valence-electron chi connectivity index (χ0n) is 16.9. The van der Waals surface area contributed by atoms with E-state index < -0.39 is 0 Å². The molecule has 2 amide bonds. The maximum absolute atomic E-state index is 12.6. The third kappa shape index (κ3) is 5.26. The third-order valence-electron chi connectivity index (χ3n) is 5.72. The lowest BCUT2D eigenvalue weighted by Crippen LogP contribution is -2.51. The number of methoxy groups -OCH3 is 1. The van der Waals surface area contributed by atoms with Gasteiger partial charge in [0.15, 0.2) is 0 Å². The molecule has 2 fully saturated rings. The molecular formula is C20H31N5O3. The van der Waals surface area contributed by atoms with E-state index in [0.29, 0.717) is 30.6 Å². The van der Waals surface area contributed by atoms with E-state index in [1.54, 1.807) is 19.5 Å². The number of amides is 2. The molecule has 1 N–H and O–H groups in total. The Balaban J connectivity index is 1.48. The van der Waals surface area contributed by atoms with Crippen LogP contribution in [0.5, 0.6) is 0 Å². The van der Waals surface area contributed by atoms with Crippen molar-refractivity contribution in [2.24, 2.45) is 5.92 Å². The summed E-state index contributed by atoms with van der Waals surface area (Å²) >= 11 is 0. The Hall–Kier alpha value is -2.06. The number of nitrogens with zero attached hydrogens (tertiary/aromatic N) is 4. The predicted octanol–water partition coefficient (Wildman–Crippen LogP) is 0.864. The lowest BCUT2D eigenvalue weighted by atomic mass is 9.93. The molecule has 1 atom stereocenters. The molecule has 0 aromatic carbocycles. The molecule has 8 heteroatoms. The molecule has 2 aliphatic heterocycles. The molecule has 1 unspecified atom stereocenters. The van der Waals surface area contributed by atoms with Crippen molar-refractivity contribution in [3.8, 4) is 0 Å². The fraction of sp³-hybridized carbons (Fsp3) is 0.700. The van der Waals surface area contributed by atoms with Crippen LogP contribution in [-0.2, 0) is 9.53 Å². The summed E-state index contributed by atoms with van der Waals surface area (Å²) in [6, 6.07) is 0.438. The molecule has 3 rings (SSSR count). The molecule has 1 aromatic heterocycles. The van der Waals surface area contributed by atoms with Crippen molar-refractivity contribution in [3.05, 3.63) is 23.8 Å². The molecule has 2 saturated heterocycles. The minimum Gasteiger partial charge on any atom is -0.383 e. The topological polar surface area (TPSA) is 87.7 Å². The Labute approximate surface area is 166 Å². The van der Waals surface area contributed by atoms with Gasteiger partial charge < -0.3 is 15.0 Å². The number of piperidine rings is 2. The smallest absolute Gasteiger partial charge is 0.256 e. The average molecular weight is 390 g/mol. The van der Waals surface area contributed by atoms with Gasteiger partial charge in [0.25, 0.3) is 5.91 Å². The summed E-state index contributed by atoms with van der Waals surface area (Å²) in [5, 5.41) is 2.97. The molecule has 0 radical (unpaired) electrons. The van der Waals surface area contributed by atoms with Crippen molar-refractivity contribution in [2.75, 3.05) is 46.4 Å². The zero-order chi connectivity index (χ0) is 19.9. The highest BCUT2D eigenvalue weighted by atomic mass is 16.5. The molecule has 8 nitrogen and oxygen atoms in total. The Kier molecular flexibility index (Phi) is 7.33. The fourth-order valence-corrected chi connectivity index (χ4v) is 4.09. The van der Waals surface area contributed by atoms with Crippen molar-refractivity contribution in [1.82, 2.24) is 25.1 Å². The number of hydrogen-bond acceptors (Lipinski definition) is 6. The molecular weight excluding hydrogens is 358 g/mol. The van der Waals surface area contributed by atoms with Crippen LogP contribution in [-0.4, -0.2) is 84.1 Å². The maximum atomic E-state index is 12.6. The number of likely N-dealkylation sites (tertiary alicyclic amines) is 2. The SMILES string of the molecule is COCCNC(=O)C1CCCN(C2CCN(C(=O)c3cnc(C)nc3)CC2)C1. The van der Waals surface area contributed by atoms with Gasteiger partial charge in [-0.3, -0.25) is 14.5 Å². The van der Waals surface area contributed by atoms with Gasteiger partial charge in [0, 0.05) is 51.7 Å². The van der Waals surface area contributed by atoms with Gasteiger partial charge >= 0.3 is 0 Å². The number of nitrogens with one attached hydrogen (secondary N) is 1. The average Bonchev–Trinajstić information content (AvgIpc) is 2.74. The van der Waals surface area contributed by atoms with Crippen LogP contribution in [0.25, 0.3) is 0 Å². The van der Waals surface area contributed by atoms with Crippen LogP contribution in [0.2, 0.25) is 0 Å². The lowest BCUT2D eigenvalue weighted by Gasteiger charge is -2.42. The summed E-state index contributed by atoms with van der Waals surface area (Å²) in [4.78, 5) is 37.6. The van der Waals surface area contributed by atoms with E-state index in [-0.39, 0.29) is 17.7 Å². The van der Waals surface area contributed by atoms with Gasteiger partial charge in [0.05, 0.1) is 18.1 Å². The quantitative estimate of drug-likeness (QED) is 0.727. The highest BCUT2D eigenvalue weighted by Gasteiger charge is 2.32. The summed E-state index contributed by atoms with van der Waals surface area (Å²) in [5.41, 5.74) is 0.551. The van der Waals surface area contributed by atoms with Crippen LogP contribution in [0.3, 0.4) is 0 Å². The number of aryl methyl sites for hydroxylation is 1. The van der Waals surface area contributed by atoms with Gasteiger partial charge in [0.1, 0.15) is 5.82 Å². The van der Waals surface area contributed by atoms with E-state index in [1.807, 2.05) is 11.8 Å². The molecule has 0 spiro atoms. The van der Waals surface area contributed by atoms with Crippen LogP contribution in [0, 0.1) is 12.8 Å². The lowest BCUT2D eigenvalue weighted by molar-refractivity contribution is -0.127. The normalized spacial score (nSPS) is 21.5. The van der Waals surface area contributed by atoms with Crippen LogP contribution in [0.15, 0.2) is 12.4 Å². The molecule has 0 bridgehead atoms. The summed E-state index contributed by atoms with van der Waals surface area (Å²) < 4.78 is 5.00. The van der Waals surface area contributed by atoms with Crippen molar-refractivity contribution >= 4 is 11.8 Å². The second-order valence-corrected chi connectivity index (χ2v) is 7.66. The first kappa shape index (κ1) is 20.7. The molecule has 0 saturated carbocycles. The zero-order valence-corrected chi connectivity index (χ0v) is 16.9. The van der Waals surface area contributed by atoms with Crippen molar-refractivity contribution in [1.29, 1.82) is 0 Å². The third-order valence-corrected chi connectivity index (χ3v) is 5.72. The highest BCUT2D eigenvalue weighted by Crippen LogP contribution is 2.24. The van der Waals surface area contributed by atoms with Crippen LogP contribution in [0.1, 0.15) is 41.9 Å². The van der Waals surface area contributed by atoms with Crippen LogP contribution < -0.4 is 5.32 Å². The first-order chi connectivity index (χ1) is 13.6. The van der Waals surface area contributed by atoms with E-state index >= 15 is 0 Å². The first-order valence-electron chi connectivity index (χ1n) is 10.2. The van der Waals surface area contributed by atoms with Crippen molar-refractivity contribution in [3.63, 3.8) is 0 Å². The van der Waals surface area contributed by atoms with Gasteiger partial charge in [-0.25, -0.2) is 9.97 Å². The number of ether oxygens (including phenoxy) is 1. The Morgan fingerprint density at radius 2 is 1.89 bits per heavy atom. The van der Waals surface area contributed by atoms with Crippen LogP contribution >= 0.6 is 0 Å². The number of rotatable bonds is 6. The van der Waals surface area contributed by atoms with E-state index in [2.05, 4.69) is 20.2 Å². The van der Waals surface area contributed by atoms with Gasteiger partial charge in [-0.05, 0) is 39.2 Å². The summed E-state index contributed by atoms with van der Waals surface area (Å²) in [5.74, 6) is 0.859. The molecule has 3 heterocycles. The minimum absolute atomic E-state index is 0.00694. The number of hydrogen-bond donors (Lipinski definition) is 1. The van der Waals surface area contributed by atoms with E-state index in [1.165, 1.54) is 0 Å². The molecule has 1 aromatic rings. The molecule has 0 aliphatic carbocycles. The summed E-state index contributed by atoms with van der Waals surface area (Å²) in [6.07, 6.45) is 7.08.